The van der Waals surface area contributed by atoms with E-state index in [-0.39, 0.29) is 0 Å². The summed E-state index contributed by atoms with van der Waals surface area (Å²) < 4.78 is 1.69. The Bertz CT molecular complexity index is 485. The molecule has 0 fully saturated rings. The van der Waals surface area contributed by atoms with Gasteiger partial charge in [0.25, 0.3) is 0 Å². The van der Waals surface area contributed by atoms with Gasteiger partial charge in [-0.2, -0.15) is 0 Å². The molecule has 2 rings (SSSR count). The van der Waals surface area contributed by atoms with E-state index in [9.17, 15) is 0 Å². The molecule has 1 N–H and O–H groups in total. The van der Waals surface area contributed by atoms with E-state index in [2.05, 4.69) is 58.1 Å². The molecule has 0 saturated heterocycles. The van der Waals surface area contributed by atoms with Crippen LogP contribution in [0, 0.1) is 0 Å². The predicted octanol–water partition coefficient (Wildman–Crippen LogP) is 1.70. The van der Waals surface area contributed by atoms with Crippen LogP contribution in [0.15, 0.2) is 35.5 Å². The Balaban J connectivity index is 1.63. The maximum absolute atomic E-state index is 3.93. The van der Waals surface area contributed by atoms with Crippen LogP contribution in [0.1, 0.15) is 18.4 Å². The molecule has 0 amide bonds. The number of nitrogens with zero attached hydrogens (tertiary/aromatic N) is 4. The molecule has 1 atom stereocenters. The van der Waals surface area contributed by atoms with E-state index < -0.39 is 0 Å². The zero-order chi connectivity index (χ0) is 13.5. The maximum Gasteiger partial charge on any atom is 0.209 e. The van der Waals surface area contributed by atoms with Crippen molar-refractivity contribution >= 4 is 11.8 Å². The molecule has 0 aliphatic rings. The summed E-state index contributed by atoms with van der Waals surface area (Å²) in [5.41, 5.74) is 1.38. The Hall–Kier alpha value is -1.40. The summed E-state index contributed by atoms with van der Waals surface area (Å²) in [6.45, 7) is 4.18. The largest absolute Gasteiger partial charge is 0.315 e. The molecule has 0 spiro atoms. The number of aryl methyl sites for hydroxylation is 1. The lowest BCUT2D eigenvalue weighted by molar-refractivity contribution is 0.636. The van der Waals surface area contributed by atoms with Crippen LogP contribution in [0.3, 0.4) is 0 Å². The second-order valence-corrected chi connectivity index (χ2v) is 5.51. The number of benzene rings is 1. The van der Waals surface area contributed by atoms with Crippen molar-refractivity contribution in [2.24, 2.45) is 7.05 Å². The summed E-state index contributed by atoms with van der Waals surface area (Å²) in [5.74, 6) is 1.50. The van der Waals surface area contributed by atoms with Crippen molar-refractivity contribution in [1.82, 2.24) is 25.5 Å². The van der Waals surface area contributed by atoms with Gasteiger partial charge in [0.1, 0.15) is 0 Å². The summed E-state index contributed by atoms with van der Waals surface area (Å²) in [4.78, 5) is 0. The van der Waals surface area contributed by atoms with Gasteiger partial charge < -0.3 is 5.32 Å². The first-order valence-electron chi connectivity index (χ1n) is 6.38. The van der Waals surface area contributed by atoms with Gasteiger partial charge in [0, 0.05) is 25.9 Å². The van der Waals surface area contributed by atoms with Crippen molar-refractivity contribution < 1.29 is 0 Å². The lowest BCUT2D eigenvalue weighted by Gasteiger charge is -2.12. The van der Waals surface area contributed by atoms with Crippen molar-refractivity contribution in [2.45, 2.75) is 18.0 Å². The normalized spacial score (nSPS) is 12.5. The highest BCUT2D eigenvalue weighted by atomic mass is 32.2. The second kappa shape index (κ2) is 7.25. The van der Waals surface area contributed by atoms with Crippen LogP contribution in [0.5, 0.6) is 0 Å². The molecule has 102 valence electrons. The van der Waals surface area contributed by atoms with E-state index in [4.69, 9.17) is 0 Å². The van der Waals surface area contributed by atoms with Crippen LogP contribution in [0.25, 0.3) is 0 Å². The Kier molecular flexibility index (Phi) is 5.35. The van der Waals surface area contributed by atoms with Gasteiger partial charge in [-0.3, -0.25) is 0 Å². The van der Waals surface area contributed by atoms with Gasteiger partial charge in [-0.05, 0) is 21.9 Å². The minimum atomic E-state index is 0.530. The first-order valence-corrected chi connectivity index (χ1v) is 7.36. The lowest BCUT2D eigenvalue weighted by atomic mass is 10.0. The molecular weight excluding hydrogens is 258 g/mol. The highest BCUT2D eigenvalue weighted by molar-refractivity contribution is 7.99. The quantitative estimate of drug-likeness (QED) is 0.616. The van der Waals surface area contributed by atoms with E-state index in [1.165, 1.54) is 5.56 Å². The van der Waals surface area contributed by atoms with Gasteiger partial charge in [-0.15, -0.1) is 5.10 Å². The molecule has 0 bridgehead atoms. The second-order valence-electron chi connectivity index (χ2n) is 4.45. The fraction of sp³-hybridized carbons (Fsp3) is 0.462. The lowest BCUT2D eigenvalue weighted by Crippen LogP contribution is -2.22. The molecule has 0 radical (unpaired) electrons. The van der Waals surface area contributed by atoms with Crippen LogP contribution in [-0.2, 0) is 7.05 Å². The molecule has 1 heterocycles. The zero-order valence-corrected chi connectivity index (χ0v) is 12.1. The van der Waals surface area contributed by atoms with Crippen LogP contribution in [0.4, 0.5) is 0 Å². The maximum atomic E-state index is 3.93. The fourth-order valence-electron chi connectivity index (χ4n) is 1.78. The average Bonchev–Trinajstić information content (AvgIpc) is 2.85. The van der Waals surface area contributed by atoms with Gasteiger partial charge in [-0.25, -0.2) is 4.68 Å². The molecule has 0 aliphatic heterocycles. The monoisotopic (exact) mass is 277 g/mol. The molecule has 0 aliphatic carbocycles. The third-order valence-corrected chi connectivity index (χ3v) is 3.92. The summed E-state index contributed by atoms with van der Waals surface area (Å²) in [5, 5.41) is 15.7. The molecule has 5 nitrogen and oxygen atoms in total. The van der Waals surface area contributed by atoms with E-state index in [0.717, 1.165) is 24.0 Å². The standard InChI is InChI=1S/C13H19N5S/c1-11(12-6-4-3-5-7-12)10-14-8-9-19-13-15-16-17-18(13)2/h3-7,11,14H,8-10H2,1-2H3/t11-/m1/s1. The van der Waals surface area contributed by atoms with Gasteiger partial charge in [0.15, 0.2) is 0 Å². The van der Waals surface area contributed by atoms with Gasteiger partial charge >= 0.3 is 0 Å². The van der Waals surface area contributed by atoms with E-state index in [1.54, 1.807) is 16.4 Å². The minimum Gasteiger partial charge on any atom is -0.315 e. The SMILES string of the molecule is C[C@H](CNCCSc1nnnn1C)c1ccccc1. The van der Waals surface area contributed by atoms with Crippen LogP contribution >= 0.6 is 11.8 Å². The number of rotatable bonds is 7. The zero-order valence-electron chi connectivity index (χ0n) is 11.3. The summed E-state index contributed by atoms with van der Waals surface area (Å²) in [7, 11) is 1.85. The Morgan fingerprint density at radius 2 is 2.11 bits per heavy atom. The molecule has 1 aromatic carbocycles. The van der Waals surface area contributed by atoms with E-state index in [1.807, 2.05) is 7.05 Å². The molecule has 0 saturated carbocycles. The number of hydrogen-bond acceptors (Lipinski definition) is 5. The van der Waals surface area contributed by atoms with Crippen LogP contribution in [-0.4, -0.2) is 39.0 Å². The summed E-state index contributed by atoms with van der Waals surface area (Å²) in [6, 6.07) is 10.6. The highest BCUT2D eigenvalue weighted by Gasteiger charge is 2.05. The first kappa shape index (κ1) is 14.0. The van der Waals surface area contributed by atoms with Crippen molar-refractivity contribution in [3.63, 3.8) is 0 Å². The number of hydrogen-bond donors (Lipinski definition) is 1. The molecule has 2 aromatic rings. The van der Waals surface area contributed by atoms with E-state index in [0.29, 0.717) is 5.92 Å². The van der Waals surface area contributed by atoms with Crippen molar-refractivity contribution in [3.8, 4) is 0 Å². The highest BCUT2D eigenvalue weighted by Crippen LogP contribution is 2.13. The Labute approximate surface area is 117 Å². The van der Waals surface area contributed by atoms with Gasteiger partial charge in [0.05, 0.1) is 0 Å². The Morgan fingerprint density at radius 1 is 1.32 bits per heavy atom. The Morgan fingerprint density at radius 3 is 2.79 bits per heavy atom. The fourth-order valence-corrected chi connectivity index (χ4v) is 2.52. The van der Waals surface area contributed by atoms with Crippen LogP contribution in [0.2, 0.25) is 0 Å². The number of tetrazole rings is 1. The molecule has 6 heteroatoms. The van der Waals surface area contributed by atoms with Crippen molar-refractivity contribution in [3.05, 3.63) is 35.9 Å². The van der Waals surface area contributed by atoms with Crippen molar-refractivity contribution in [1.29, 1.82) is 0 Å². The third-order valence-electron chi connectivity index (χ3n) is 2.91. The van der Waals surface area contributed by atoms with Crippen LogP contribution < -0.4 is 5.32 Å². The van der Waals surface area contributed by atoms with Gasteiger partial charge in [-0.1, -0.05) is 49.0 Å². The average molecular weight is 277 g/mol. The first-order chi connectivity index (χ1) is 9.27. The predicted molar refractivity (Wildman–Crippen MR) is 77.2 cm³/mol. The number of aromatic nitrogens is 4. The minimum absolute atomic E-state index is 0.530. The molecular formula is C13H19N5S. The van der Waals surface area contributed by atoms with E-state index >= 15 is 0 Å². The number of nitrogens with one attached hydrogen (secondary N) is 1. The molecule has 1 aromatic heterocycles. The topological polar surface area (TPSA) is 55.6 Å². The molecule has 19 heavy (non-hydrogen) atoms. The summed E-state index contributed by atoms with van der Waals surface area (Å²) >= 11 is 1.67. The molecule has 0 unspecified atom stereocenters. The smallest absolute Gasteiger partial charge is 0.209 e. The number of thioether (sulfide) groups is 1. The van der Waals surface area contributed by atoms with Gasteiger partial charge in [0.2, 0.25) is 5.16 Å². The van der Waals surface area contributed by atoms with Crippen molar-refractivity contribution in [2.75, 3.05) is 18.8 Å². The summed E-state index contributed by atoms with van der Waals surface area (Å²) in [6.07, 6.45) is 0. The third kappa shape index (κ3) is 4.33.